The normalized spacial score (nSPS) is 18.7. The summed E-state index contributed by atoms with van der Waals surface area (Å²) in [7, 11) is 0. The summed E-state index contributed by atoms with van der Waals surface area (Å²) in [5.41, 5.74) is 0.654. The zero-order valence-electron chi connectivity index (χ0n) is 10.1. The molecule has 0 amide bonds. The first kappa shape index (κ1) is 14.1. The molecule has 5 heteroatoms. The van der Waals surface area contributed by atoms with Crippen molar-refractivity contribution < 1.29 is 9.50 Å². The van der Waals surface area contributed by atoms with Crippen LogP contribution in [0.5, 0.6) is 0 Å². The highest BCUT2D eigenvalue weighted by Crippen LogP contribution is 2.33. The van der Waals surface area contributed by atoms with E-state index in [1.54, 1.807) is 0 Å². The van der Waals surface area contributed by atoms with Crippen LogP contribution in [0, 0.1) is 11.7 Å². The second-order valence-corrected chi connectivity index (χ2v) is 5.64. The average Bonchev–Trinajstić information content (AvgIpc) is 3.14. The van der Waals surface area contributed by atoms with Gasteiger partial charge in [-0.15, -0.1) is 0 Å². The lowest BCUT2D eigenvalue weighted by Crippen LogP contribution is -2.30. The van der Waals surface area contributed by atoms with Crippen molar-refractivity contribution in [2.75, 3.05) is 6.54 Å². The third-order valence-electron chi connectivity index (χ3n) is 3.31. The van der Waals surface area contributed by atoms with Crippen molar-refractivity contribution in [3.63, 3.8) is 0 Å². The van der Waals surface area contributed by atoms with Gasteiger partial charge in [-0.1, -0.05) is 23.2 Å². The van der Waals surface area contributed by atoms with Crippen LogP contribution in [0.15, 0.2) is 12.1 Å². The van der Waals surface area contributed by atoms with Gasteiger partial charge in [0.05, 0.1) is 11.1 Å². The second-order valence-electron chi connectivity index (χ2n) is 4.82. The Morgan fingerprint density at radius 1 is 1.39 bits per heavy atom. The highest BCUT2D eigenvalue weighted by Gasteiger charge is 2.29. The number of benzene rings is 1. The van der Waals surface area contributed by atoms with Crippen molar-refractivity contribution in [3.8, 4) is 0 Å². The molecule has 1 aliphatic carbocycles. The summed E-state index contributed by atoms with van der Waals surface area (Å²) < 4.78 is 13.4. The van der Waals surface area contributed by atoms with E-state index < -0.39 is 5.82 Å². The zero-order valence-corrected chi connectivity index (χ0v) is 11.6. The largest absolute Gasteiger partial charge is 0.392 e. The Labute approximate surface area is 116 Å². The molecule has 2 rings (SSSR count). The van der Waals surface area contributed by atoms with Gasteiger partial charge in [0, 0.05) is 17.6 Å². The van der Waals surface area contributed by atoms with Gasteiger partial charge in [0.15, 0.2) is 0 Å². The van der Waals surface area contributed by atoms with Crippen LogP contribution < -0.4 is 5.32 Å². The second kappa shape index (κ2) is 5.74. The van der Waals surface area contributed by atoms with Crippen LogP contribution in [0.2, 0.25) is 10.0 Å². The number of rotatable bonds is 5. The average molecular weight is 292 g/mol. The molecule has 0 heterocycles. The van der Waals surface area contributed by atoms with Crippen LogP contribution in [-0.2, 0) is 0 Å². The molecule has 2 unspecified atom stereocenters. The molecule has 0 radical (unpaired) electrons. The molecule has 0 bridgehead atoms. The number of aliphatic hydroxyl groups is 1. The quantitative estimate of drug-likeness (QED) is 0.813. The minimum absolute atomic E-state index is 0.0222. The third kappa shape index (κ3) is 3.35. The van der Waals surface area contributed by atoms with E-state index in [9.17, 15) is 9.50 Å². The monoisotopic (exact) mass is 291 g/mol. The van der Waals surface area contributed by atoms with Crippen LogP contribution in [0.4, 0.5) is 4.39 Å². The topological polar surface area (TPSA) is 32.3 Å². The van der Waals surface area contributed by atoms with Gasteiger partial charge in [-0.2, -0.15) is 0 Å². The van der Waals surface area contributed by atoms with Gasteiger partial charge in [0.2, 0.25) is 0 Å². The molecule has 1 aromatic rings. The molecular weight excluding hydrogens is 276 g/mol. The summed E-state index contributed by atoms with van der Waals surface area (Å²) in [6.45, 7) is 2.38. The molecule has 1 saturated carbocycles. The van der Waals surface area contributed by atoms with Crippen LogP contribution >= 0.6 is 23.2 Å². The lowest BCUT2D eigenvalue weighted by molar-refractivity contribution is 0.145. The summed E-state index contributed by atoms with van der Waals surface area (Å²) >= 11 is 11.7. The minimum Gasteiger partial charge on any atom is -0.392 e. The highest BCUT2D eigenvalue weighted by atomic mass is 35.5. The van der Waals surface area contributed by atoms with Gasteiger partial charge >= 0.3 is 0 Å². The lowest BCUT2D eigenvalue weighted by Gasteiger charge is -2.18. The Balaban J connectivity index is 1.99. The van der Waals surface area contributed by atoms with E-state index in [2.05, 4.69) is 5.32 Å². The molecule has 0 aliphatic heterocycles. The first-order valence-electron chi connectivity index (χ1n) is 6.05. The summed E-state index contributed by atoms with van der Waals surface area (Å²) in [4.78, 5) is 0. The molecule has 1 fully saturated rings. The van der Waals surface area contributed by atoms with Crippen molar-refractivity contribution in [2.24, 2.45) is 5.92 Å². The van der Waals surface area contributed by atoms with Crippen molar-refractivity contribution in [1.29, 1.82) is 0 Å². The van der Waals surface area contributed by atoms with E-state index in [1.165, 1.54) is 12.1 Å². The Hall–Kier alpha value is -0.350. The third-order valence-corrected chi connectivity index (χ3v) is 3.92. The van der Waals surface area contributed by atoms with Crippen molar-refractivity contribution >= 4 is 23.2 Å². The standard InChI is InChI=1S/C13H16Cl2FNO/c1-7(17-6-13(18)8-2-3-8)9-4-12(16)11(15)5-10(9)14/h4-5,7-8,13,17-18H,2-3,6H2,1H3. The molecule has 18 heavy (non-hydrogen) atoms. The van der Waals surface area contributed by atoms with E-state index in [0.29, 0.717) is 23.0 Å². The van der Waals surface area contributed by atoms with Gasteiger partial charge < -0.3 is 10.4 Å². The minimum atomic E-state index is -0.479. The van der Waals surface area contributed by atoms with Crippen molar-refractivity contribution in [2.45, 2.75) is 31.9 Å². The predicted molar refractivity (Wildman–Crippen MR) is 71.6 cm³/mol. The van der Waals surface area contributed by atoms with E-state index in [4.69, 9.17) is 23.2 Å². The van der Waals surface area contributed by atoms with Gasteiger partial charge in [0.25, 0.3) is 0 Å². The molecule has 0 spiro atoms. The Morgan fingerprint density at radius 2 is 2.06 bits per heavy atom. The molecule has 2 nitrogen and oxygen atoms in total. The first-order valence-corrected chi connectivity index (χ1v) is 6.80. The van der Waals surface area contributed by atoms with Gasteiger partial charge in [0.1, 0.15) is 5.82 Å². The fourth-order valence-corrected chi connectivity index (χ4v) is 2.47. The highest BCUT2D eigenvalue weighted by molar-refractivity contribution is 6.35. The summed E-state index contributed by atoms with van der Waals surface area (Å²) in [5, 5.41) is 13.4. The molecule has 0 saturated heterocycles. The van der Waals surface area contributed by atoms with Crippen LogP contribution in [-0.4, -0.2) is 17.8 Å². The molecule has 1 aliphatic rings. The fraction of sp³-hybridized carbons (Fsp3) is 0.538. The lowest BCUT2D eigenvalue weighted by atomic mass is 10.1. The fourth-order valence-electron chi connectivity index (χ4n) is 1.92. The smallest absolute Gasteiger partial charge is 0.142 e. The van der Waals surface area contributed by atoms with E-state index >= 15 is 0 Å². The van der Waals surface area contributed by atoms with Crippen LogP contribution in [0.25, 0.3) is 0 Å². The summed E-state index contributed by atoms with van der Waals surface area (Å²) in [6, 6.07) is 2.62. The molecule has 0 aromatic heterocycles. The first-order chi connectivity index (χ1) is 8.49. The zero-order chi connectivity index (χ0) is 13.3. The van der Waals surface area contributed by atoms with E-state index in [-0.39, 0.29) is 17.2 Å². The Morgan fingerprint density at radius 3 is 2.67 bits per heavy atom. The Kier molecular flexibility index (Phi) is 4.49. The van der Waals surface area contributed by atoms with Gasteiger partial charge in [-0.25, -0.2) is 4.39 Å². The van der Waals surface area contributed by atoms with Crippen LogP contribution in [0.3, 0.4) is 0 Å². The van der Waals surface area contributed by atoms with Crippen LogP contribution in [0.1, 0.15) is 31.4 Å². The summed E-state index contributed by atoms with van der Waals surface area (Å²) in [5.74, 6) is -0.0606. The number of hydrogen-bond donors (Lipinski definition) is 2. The summed E-state index contributed by atoms with van der Waals surface area (Å²) in [6.07, 6.45) is 1.85. The maximum absolute atomic E-state index is 13.4. The Bertz CT molecular complexity index is 437. The number of hydrogen-bond acceptors (Lipinski definition) is 2. The number of aliphatic hydroxyl groups excluding tert-OH is 1. The number of halogens is 3. The van der Waals surface area contributed by atoms with E-state index in [1.807, 2.05) is 6.92 Å². The van der Waals surface area contributed by atoms with E-state index in [0.717, 1.165) is 12.8 Å². The molecular formula is C13H16Cl2FNO. The van der Waals surface area contributed by atoms with Crippen molar-refractivity contribution in [3.05, 3.63) is 33.6 Å². The van der Waals surface area contributed by atoms with Crippen molar-refractivity contribution in [1.82, 2.24) is 5.32 Å². The molecule has 100 valence electrons. The molecule has 2 N–H and O–H groups in total. The number of nitrogens with one attached hydrogen (secondary N) is 1. The SMILES string of the molecule is CC(NCC(O)C1CC1)c1cc(F)c(Cl)cc1Cl. The molecule has 1 aromatic carbocycles. The molecule has 2 atom stereocenters. The van der Waals surface area contributed by atoms with Gasteiger partial charge in [-0.3, -0.25) is 0 Å². The van der Waals surface area contributed by atoms with Gasteiger partial charge in [-0.05, 0) is 43.4 Å². The maximum Gasteiger partial charge on any atom is 0.142 e. The predicted octanol–water partition coefficient (Wildman–Crippen LogP) is 3.55. The maximum atomic E-state index is 13.4.